The van der Waals surface area contributed by atoms with Crippen molar-refractivity contribution in [2.45, 2.75) is 12.5 Å². The molecule has 0 fully saturated rings. The highest BCUT2D eigenvalue weighted by Gasteiger charge is 2.21. The molecular formula is C12H15N3O6. The van der Waals surface area contributed by atoms with Crippen molar-refractivity contribution in [1.29, 1.82) is 0 Å². The molecule has 9 heteroatoms. The minimum Gasteiger partial charge on any atom is -0.504 e. The number of phenols is 2. The van der Waals surface area contributed by atoms with E-state index in [1.807, 2.05) is 0 Å². The first kappa shape index (κ1) is 16.1. The first-order chi connectivity index (χ1) is 9.79. The smallest absolute Gasteiger partial charge is 0.326 e. The third-order valence-corrected chi connectivity index (χ3v) is 2.51. The van der Waals surface area contributed by atoms with Gasteiger partial charge in [0.15, 0.2) is 11.5 Å². The van der Waals surface area contributed by atoms with E-state index >= 15 is 0 Å². The number of carboxylic acid groups (broad SMARTS) is 1. The number of carboxylic acids is 1. The number of amides is 3. The van der Waals surface area contributed by atoms with Crippen LogP contribution in [0.15, 0.2) is 18.2 Å². The predicted molar refractivity (Wildman–Crippen MR) is 70.6 cm³/mol. The fourth-order valence-electron chi connectivity index (χ4n) is 1.51. The van der Waals surface area contributed by atoms with E-state index in [4.69, 9.17) is 15.9 Å². The van der Waals surface area contributed by atoms with Crippen LogP contribution in [-0.2, 0) is 16.0 Å². The lowest BCUT2D eigenvalue weighted by Crippen LogP contribution is -2.48. The molecule has 1 rings (SSSR count). The van der Waals surface area contributed by atoms with E-state index in [1.54, 1.807) is 0 Å². The van der Waals surface area contributed by atoms with E-state index in [0.29, 0.717) is 5.56 Å². The summed E-state index contributed by atoms with van der Waals surface area (Å²) in [4.78, 5) is 33.0. The molecule has 1 atom stereocenters. The van der Waals surface area contributed by atoms with Crippen LogP contribution in [0.25, 0.3) is 0 Å². The molecular weight excluding hydrogens is 282 g/mol. The Labute approximate surface area is 119 Å². The van der Waals surface area contributed by atoms with Gasteiger partial charge in [0, 0.05) is 6.42 Å². The standard InChI is InChI=1S/C12H15N3O6/c13-10(18)5-14-12(21)15-7(11(19)20)3-6-1-2-8(16)9(17)4-6/h1-2,4,7,16-17H,3,5H2,(H2,13,18)(H,19,20)(H2,14,15,21)/t7-/m0/s1. The highest BCUT2D eigenvalue weighted by Crippen LogP contribution is 2.25. The molecule has 1 aromatic rings. The van der Waals surface area contributed by atoms with Gasteiger partial charge >= 0.3 is 12.0 Å². The summed E-state index contributed by atoms with van der Waals surface area (Å²) in [6, 6.07) is 1.67. The van der Waals surface area contributed by atoms with Gasteiger partial charge in [-0.25, -0.2) is 9.59 Å². The van der Waals surface area contributed by atoms with Crippen molar-refractivity contribution in [3.8, 4) is 11.5 Å². The number of nitrogens with one attached hydrogen (secondary N) is 2. The third kappa shape index (κ3) is 5.27. The number of benzene rings is 1. The first-order valence-electron chi connectivity index (χ1n) is 5.86. The molecule has 1 aromatic carbocycles. The lowest BCUT2D eigenvalue weighted by molar-refractivity contribution is -0.139. The highest BCUT2D eigenvalue weighted by molar-refractivity contribution is 5.86. The van der Waals surface area contributed by atoms with Gasteiger partial charge in [-0.1, -0.05) is 6.07 Å². The Kier molecular flexibility index (Phi) is 5.35. The second-order valence-corrected chi connectivity index (χ2v) is 4.21. The number of aliphatic carboxylic acids is 1. The van der Waals surface area contributed by atoms with E-state index in [2.05, 4.69) is 10.6 Å². The number of hydrogen-bond donors (Lipinski definition) is 6. The van der Waals surface area contributed by atoms with Gasteiger partial charge in [0.05, 0.1) is 6.54 Å². The van der Waals surface area contributed by atoms with E-state index < -0.39 is 36.2 Å². The highest BCUT2D eigenvalue weighted by atomic mass is 16.4. The Morgan fingerprint density at radius 1 is 1.19 bits per heavy atom. The molecule has 0 radical (unpaired) electrons. The molecule has 0 saturated heterocycles. The van der Waals surface area contributed by atoms with Crippen LogP contribution in [0, 0.1) is 0 Å². The number of hydrogen-bond acceptors (Lipinski definition) is 5. The van der Waals surface area contributed by atoms with Crippen molar-refractivity contribution in [1.82, 2.24) is 10.6 Å². The first-order valence-corrected chi connectivity index (χ1v) is 5.86. The summed E-state index contributed by atoms with van der Waals surface area (Å²) in [5.74, 6) is -2.79. The van der Waals surface area contributed by atoms with Crippen molar-refractivity contribution >= 4 is 17.9 Å². The zero-order valence-electron chi connectivity index (χ0n) is 10.9. The van der Waals surface area contributed by atoms with Crippen LogP contribution in [0.3, 0.4) is 0 Å². The van der Waals surface area contributed by atoms with Crippen molar-refractivity contribution in [3.63, 3.8) is 0 Å². The summed E-state index contributed by atoms with van der Waals surface area (Å²) in [5.41, 5.74) is 5.23. The molecule has 9 nitrogen and oxygen atoms in total. The van der Waals surface area contributed by atoms with Crippen molar-refractivity contribution < 1.29 is 29.7 Å². The van der Waals surface area contributed by atoms with Crippen molar-refractivity contribution in [2.75, 3.05) is 6.54 Å². The van der Waals surface area contributed by atoms with E-state index in [0.717, 1.165) is 0 Å². The molecule has 0 heterocycles. The van der Waals surface area contributed by atoms with Gasteiger partial charge in [-0.3, -0.25) is 4.79 Å². The topological polar surface area (TPSA) is 162 Å². The Morgan fingerprint density at radius 2 is 1.86 bits per heavy atom. The number of phenolic OH excluding ortho intramolecular Hbond substituents is 2. The summed E-state index contributed by atoms with van der Waals surface area (Å²) in [6.07, 6.45) is -0.118. The van der Waals surface area contributed by atoms with Gasteiger partial charge < -0.3 is 31.7 Å². The average molecular weight is 297 g/mol. The monoisotopic (exact) mass is 297 g/mol. The number of rotatable bonds is 6. The molecule has 3 amide bonds. The van der Waals surface area contributed by atoms with Gasteiger partial charge in [0.2, 0.25) is 5.91 Å². The zero-order chi connectivity index (χ0) is 16.0. The minimum absolute atomic E-state index is 0.118. The second kappa shape index (κ2) is 6.98. The van der Waals surface area contributed by atoms with Crippen LogP contribution < -0.4 is 16.4 Å². The lowest BCUT2D eigenvalue weighted by atomic mass is 10.1. The predicted octanol–water partition coefficient (Wildman–Crippen LogP) is -1.12. The quantitative estimate of drug-likeness (QED) is 0.364. The Bertz CT molecular complexity index is 560. The van der Waals surface area contributed by atoms with Gasteiger partial charge in [-0.05, 0) is 17.7 Å². The van der Waals surface area contributed by atoms with E-state index in [9.17, 15) is 19.5 Å². The fraction of sp³-hybridized carbons (Fsp3) is 0.250. The van der Waals surface area contributed by atoms with Gasteiger partial charge in [-0.15, -0.1) is 0 Å². The van der Waals surface area contributed by atoms with Crippen LogP contribution in [-0.4, -0.2) is 45.8 Å². The van der Waals surface area contributed by atoms with Crippen molar-refractivity contribution in [3.05, 3.63) is 23.8 Å². The Hall–Kier alpha value is -2.97. The largest absolute Gasteiger partial charge is 0.504 e. The molecule has 0 spiro atoms. The molecule has 0 saturated carbocycles. The summed E-state index contributed by atoms with van der Waals surface area (Å²) >= 11 is 0. The van der Waals surface area contributed by atoms with Crippen LogP contribution in [0.5, 0.6) is 11.5 Å². The average Bonchev–Trinajstić information content (AvgIpc) is 2.39. The Morgan fingerprint density at radius 3 is 2.38 bits per heavy atom. The maximum absolute atomic E-state index is 11.4. The lowest BCUT2D eigenvalue weighted by Gasteiger charge is -2.15. The molecule has 0 bridgehead atoms. The van der Waals surface area contributed by atoms with Crippen molar-refractivity contribution in [2.24, 2.45) is 5.73 Å². The number of nitrogens with two attached hydrogens (primary N) is 1. The zero-order valence-corrected chi connectivity index (χ0v) is 10.9. The van der Waals surface area contributed by atoms with Crippen LogP contribution in [0.2, 0.25) is 0 Å². The SMILES string of the molecule is NC(=O)CNC(=O)N[C@@H](Cc1ccc(O)c(O)c1)C(=O)O. The normalized spacial score (nSPS) is 11.4. The van der Waals surface area contributed by atoms with Crippen LogP contribution in [0.1, 0.15) is 5.56 Å². The van der Waals surface area contributed by atoms with Crippen LogP contribution in [0.4, 0.5) is 4.79 Å². The summed E-state index contributed by atoms with van der Waals surface area (Å²) in [6.45, 7) is -0.418. The maximum Gasteiger partial charge on any atom is 0.326 e. The molecule has 0 aromatic heterocycles. The molecule has 7 N–H and O–H groups in total. The molecule has 0 aliphatic heterocycles. The second-order valence-electron chi connectivity index (χ2n) is 4.21. The fourth-order valence-corrected chi connectivity index (χ4v) is 1.51. The van der Waals surface area contributed by atoms with E-state index in [-0.39, 0.29) is 12.2 Å². The number of carbonyl (C=O) groups is 3. The van der Waals surface area contributed by atoms with Crippen LogP contribution >= 0.6 is 0 Å². The van der Waals surface area contributed by atoms with Gasteiger partial charge in [-0.2, -0.15) is 0 Å². The summed E-state index contributed by atoms with van der Waals surface area (Å²) in [5, 5.41) is 31.8. The third-order valence-electron chi connectivity index (χ3n) is 2.51. The molecule has 0 aliphatic rings. The van der Waals surface area contributed by atoms with Gasteiger partial charge in [0.25, 0.3) is 0 Å². The number of carbonyl (C=O) groups excluding carboxylic acids is 2. The molecule has 114 valence electrons. The molecule has 0 unspecified atom stereocenters. The number of urea groups is 1. The summed E-state index contributed by atoms with van der Waals surface area (Å²) in [7, 11) is 0. The number of aromatic hydroxyl groups is 2. The van der Waals surface area contributed by atoms with E-state index in [1.165, 1.54) is 18.2 Å². The molecule has 0 aliphatic carbocycles. The Balaban J connectivity index is 2.69. The number of primary amides is 1. The molecule has 21 heavy (non-hydrogen) atoms. The van der Waals surface area contributed by atoms with Gasteiger partial charge in [0.1, 0.15) is 6.04 Å². The maximum atomic E-state index is 11.4. The minimum atomic E-state index is -1.29. The summed E-state index contributed by atoms with van der Waals surface area (Å²) < 4.78 is 0.